The van der Waals surface area contributed by atoms with E-state index in [4.69, 9.17) is 5.73 Å². The number of rotatable bonds is 3. The molecule has 0 saturated heterocycles. The fourth-order valence-corrected chi connectivity index (χ4v) is 2.33. The van der Waals surface area contributed by atoms with E-state index in [9.17, 15) is 4.79 Å². The molecule has 92 valence electrons. The lowest BCUT2D eigenvalue weighted by atomic mass is 9.89. The Balaban J connectivity index is 1.91. The number of carbonyl (C=O) groups is 1. The molecule has 1 aromatic heterocycles. The Hall–Kier alpha value is -1.58. The van der Waals surface area contributed by atoms with Gasteiger partial charge in [0.25, 0.3) is 5.91 Å². The molecule has 3 N–H and O–H groups in total. The summed E-state index contributed by atoms with van der Waals surface area (Å²) in [6.45, 7) is 2.97. The van der Waals surface area contributed by atoms with Crippen molar-refractivity contribution in [2.45, 2.75) is 32.6 Å². The number of nitrogens with one attached hydrogen (secondary N) is 1. The van der Waals surface area contributed by atoms with Crippen LogP contribution in [0.25, 0.3) is 0 Å². The molecule has 0 atom stereocenters. The van der Waals surface area contributed by atoms with E-state index in [1.807, 2.05) is 0 Å². The number of amides is 1. The van der Waals surface area contributed by atoms with Crippen LogP contribution in [0.15, 0.2) is 18.3 Å². The summed E-state index contributed by atoms with van der Waals surface area (Å²) < 4.78 is 0. The van der Waals surface area contributed by atoms with Crippen LogP contribution in [0.3, 0.4) is 0 Å². The Morgan fingerprint density at radius 1 is 1.47 bits per heavy atom. The molecule has 0 aromatic carbocycles. The van der Waals surface area contributed by atoms with Gasteiger partial charge in [0.15, 0.2) is 0 Å². The van der Waals surface area contributed by atoms with Gasteiger partial charge in [0.1, 0.15) is 5.69 Å². The van der Waals surface area contributed by atoms with Crippen LogP contribution < -0.4 is 11.1 Å². The molecule has 0 aliphatic heterocycles. The molecule has 1 aromatic rings. The third-order valence-electron chi connectivity index (χ3n) is 3.51. The second-order valence-corrected chi connectivity index (χ2v) is 5.18. The molecule has 0 unspecified atom stereocenters. The van der Waals surface area contributed by atoms with E-state index in [1.165, 1.54) is 31.9 Å². The van der Waals surface area contributed by atoms with Gasteiger partial charge in [0.2, 0.25) is 0 Å². The zero-order valence-corrected chi connectivity index (χ0v) is 10.2. The van der Waals surface area contributed by atoms with Crippen LogP contribution in [-0.2, 0) is 0 Å². The Kier molecular flexibility index (Phi) is 3.31. The van der Waals surface area contributed by atoms with E-state index >= 15 is 0 Å². The van der Waals surface area contributed by atoms with Crippen molar-refractivity contribution in [2.24, 2.45) is 5.41 Å². The maximum Gasteiger partial charge on any atom is 0.269 e. The first-order chi connectivity index (χ1) is 8.09. The summed E-state index contributed by atoms with van der Waals surface area (Å²) in [5.41, 5.74) is 6.80. The normalized spacial score (nSPS) is 17.9. The highest BCUT2D eigenvalue weighted by Gasteiger charge is 2.28. The van der Waals surface area contributed by atoms with Gasteiger partial charge in [-0.1, -0.05) is 19.8 Å². The number of carbonyl (C=O) groups excluding carboxylic acids is 1. The molecule has 1 aliphatic carbocycles. The summed E-state index contributed by atoms with van der Waals surface area (Å²) in [6.07, 6.45) is 6.44. The number of hydrogen-bond acceptors (Lipinski definition) is 3. The predicted octanol–water partition coefficient (Wildman–Crippen LogP) is 1.97. The van der Waals surface area contributed by atoms with Gasteiger partial charge in [0.05, 0.1) is 11.9 Å². The topological polar surface area (TPSA) is 68.0 Å². The van der Waals surface area contributed by atoms with Crippen LogP contribution >= 0.6 is 0 Å². The lowest BCUT2D eigenvalue weighted by molar-refractivity contribution is 0.0929. The van der Waals surface area contributed by atoms with E-state index in [-0.39, 0.29) is 11.3 Å². The number of pyridine rings is 1. The molecular weight excluding hydrogens is 214 g/mol. The van der Waals surface area contributed by atoms with Crippen molar-refractivity contribution in [1.82, 2.24) is 10.3 Å². The van der Waals surface area contributed by atoms with Crippen molar-refractivity contribution < 1.29 is 4.79 Å². The molecular formula is C13H19N3O. The highest BCUT2D eigenvalue weighted by Crippen LogP contribution is 2.36. The molecule has 1 amide bonds. The molecule has 1 heterocycles. The minimum absolute atomic E-state index is 0.113. The fourth-order valence-electron chi connectivity index (χ4n) is 2.33. The summed E-state index contributed by atoms with van der Waals surface area (Å²) in [4.78, 5) is 15.8. The molecule has 0 radical (unpaired) electrons. The molecule has 1 aliphatic rings. The zero-order chi connectivity index (χ0) is 12.3. The van der Waals surface area contributed by atoms with Gasteiger partial charge in [-0.25, -0.2) is 4.98 Å². The summed E-state index contributed by atoms with van der Waals surface area (Å²) in [6, 6.07) is 3.35. The molecule has 1 saturated carbocycles. The Bertz CT molecular complexity index is 394. The Morgan fingerprint density at radius 3 is 2.76 bits per heavy atom. The minimum Gasteiger partial charge on any atom is -0.397 e. The van der Waals surface area contributed by atoms with Gasteiger partial charge in [-0.3, -0.25) is 4.79 Å². The van der Waals surface area contributed by atoms with Crippen LogP contribution in [0.4, 0.5) is 5.69 Å². The third kappa shape index (κ3) is 2.96. The van der Waals surface area contributed by atoms with Crippen LogP contribution in [-0.4, -0.2) is 17.4 Å². The molecule has 2 rings (SSSR count). The highest BCUT2D eigenvalue weighted by molar-refractivity contribution is 5.92. The number of hydrogen-bond donors (Lipinski definition) is 2. The lowest BCUT2D eigenvalue weighted by Gasteiger charge is -2.23. The van der Waals surface area contributed by atoms with Crippen molar-refractivity contribution in [2.75, 3.05) is 12.3 Å². The summed E-state index contributed by atoms with van der Waals surface area (Å²) in [7, 11) is 0. The largest absolute Gasteiger partial charge is 0.397 e. The van der Waals surface area contributed by atoms with Crippen LogP contribution in [0.1, 0.15) is 43.1 Å². The lowest BCUT2D eigenvalue weighted by Crippen LogP contribution is -2.34. The zero-order valence-electron chi connectivity index (χ0n) is 10.2. The van der Waals surface area contributed by atoms with E-state index < -0.39 is 0 Å². The van der Waals surface area contributed by atoms with Crippen molar-refractivity contribution in [3.05, 3.63) is 24.0 Å². The summed E-state index contributed by atoms with van der Waals surface area (Å²) in [5, 5.41) is 2.96. The first kappa shape index (κ1) is 11.9. The van der Waals surface area contributed by atoms with Crippen molar-refractivity contribution >= 4 is 11.6 Å². The number of nitrogens with two attached hydrogens (primary N) is 1. The van der Waals surface area contributed by atoms with Crippen molar-refractivity contribution in [1.29, 1.82) is 0 Å². The maximum absolute atomic E-state index is 11.8. The van der Waals surface area contributed by atoms with E-state index in [1.54, 1.807) is 12.1 Å². The third-order valence-corrected chi connectivity index (χ3v) is 3.51. The number of aromatic nitrogens is 1. The molecule has 17 heavy (non-hydrogen) atoms. The first-order valence-electron chi connectivity index (χ1n) is 6.09. The number of nitrogens with zero attached hydrogens (tertiary/aromatic N) is 1. The Morgan fingerprint density at radius 2 is 2.18 bits per heavy atom. The van der Waals surface area contributed by atoms with Gasteiger partial charge < -0.3 is 11.1 Å². The predicted molar refractivity (Wildman–Crippen MR) is 67.6 cm³/mol. The first-order valence-corrected chi connectivity index (χ1v) is 6.09. The van der Waals surface area contributed by atoms with Crippen LogP contribution in [0, 0.1) is 5.41 Å². The SMILES string of the molecule is CC1(CNC(=O)c2ccc(N)cn2)CCCC1. The van der Waals surface area contributed by atoms with Gasteiger partial charge in [-0.15, -0.1) is 0 Å². The highest BCUT2D eigenvalue weighted by atomic mass is 16.1. The minimum atomic E-state index is -0.113. The summed E-state index contributed by atoms with van der Waals surface area (Å²) in [5.74, 6) is -0.113. The quantitative estimate of drug-likeness (QED) is 0.838. The smallest absolute Gasteiger partial charge is 0.269 e. The number of nitrogen functional groups attached to an aromatic ring is 1. The monoisotopic (exact) mass is 233 g/mol. The fraction of sp³-hybridized carbons (Fsp3) is 0.538. The second-order valence-electron chi connectivity index (χ2n) is 5.18. The maximum atomic E-state index is 11.8. The van der Waals surface area contributed by atoms with E-state index in [0.717, 1.165) is 6.54 Å². The molecule has 0 bridgehead atoms. The van der Waals surface area contributed by atoms with Gasteiger partial charge in [-0.2, -0.15) is 0 Å². The number of anilines is 1. The molecule has 0 spiro atoms. The van der Waals surface area contributed by atoms with Crippen LogP contribution in [0.5, 0.6) is 0 Å². The van der Waals surface area contributed by atoms with Gasteiger partial charge in [-0.05, 0) is 30.4 Å². The van der Waals surface area contributed by atoms with Crippen molar-refractivity contribution in [3.63, 3.8) is 0 Å². The molecule has 4 heteroatoms. The average Bonchev–Trinajstić information content (AvgIpc) is 2.75. The van der Waals surface area contributed by atoms with Crippen LogP contribution in [0.2, 0.25) is 0 Å². The molecule has 4 nitrogen and oxygen atoms in total. The van der Waals surface area contributed by atoms with Gasteiger partial charge >= 0.3 is 0 Å². The van der Waals surface area contributed by atoms with E-state index in [0.29, 0.717) is 11.4 Å². The average molecular weight is 233 g/mol. The van der Waals surface area contributed by atoms with Gasteiger partial charge in [0, 0.05) is 6.54 Å². The van der Waals surface area contributed by atoms with E-state index in [2.05, 4.69) is 17.2 Å². The standard InChI is InChI=1S/C13H19N3O/c1-13(6-2-3-7-13)9-16-12(17)11-5-4-10(14)8-15-11/h4-5,8H,2-3,6-7,9,14H2,1H3,(H,16,17). The van der Waals surface area contributed by atoms with Crippen molar-refractivity contribution in [3.8, 4) is 0 Å². The molecule has 1 fully saturated rings. The summed E-state index contributed by atoms with van der Waals surface area (Å²) >= 11 is 0. The second kappa shape index (κ2) is 4.73. The Labute approximate surface area is 102 Å².